The number of benzene rings is 2. The molecule has 3 rings (SSSR count). The molecule has 0 aliphatic carbocycles. The minimum atomic E-state index is 0.938. The quantitative estimate of drug-likeness (QED) is 0.683. The average molecular weight is 279 g/mol. The van der Waals surface area contributed by atoms with Crippen molar-refractivity contribution >= 4 is 10.9 Å². The number of unbranched alkanes of at least 4 members (excludes halogenated alkanes) is 1. The van der Waals surface area contributed by atoms with E-state index in [-0.39, 0.29) is 0 Å². The Kier molecular flexibility index (Phi) is 3.96. The summed E-state index contributed by atoms with van der Waals surface area (Å²) in [5.74, 6) is 0.938. The standard InChI is InChI=1S/C19H21NO/c1-3-4-5-14-10-17(13-18(11-14)21-2)15-6-7-19-16(12-15)8-9-20-19/h6-13,20H,3-5H2,1-2H3. The average Bonchev–Trinajstić information content (AvgIpc) is 3.00. The first-order valence-electron chi connectivity index (χ1n) is 7.55. The third-order valence-electron chi connectivity index (χ3n) is 3.91. The van der Waals surface area contributed by atoms with E-state index in [4.69, 9.17) is 4.74 Å². The number of aryl methyl sites for hydroxylation is 1. The number of rotatable bonds is 5. The number of hydrogen-bond acceptors (Lipinski definition) is 1. The summed E-state index contributed by atoms with van der Waals surface area (Å²) in [6, 6.07) is 15.2. The molecule has 2 aromatic carbocycles. The van der Waals surface area contributed by atoms with Crippen LogP contribution in [-0.4, -0.2) is 12.1 Å². The zero-order valence-electron chi connectivity index (χ0n) is 12.6. The van der Waals surface area contributed by atoms with Gasteiger partial charge in [0.25, 0.3) is 0 Å². The lowest BCUT2D eigenvalue weighted by molar-refractivity contribution is 0.414. The molecule has 0 saturated heterocycles. The maximum atomic E-state index is 5.46. The molecule has 0 amide bonds. The van der Waals surface area contributed by atoms with Crippen LogP contribution in [0.25, 0.3) is 22.0 Å². The van der Waals surface area contributed by atoms with Gasteiger partial charge < -0.3 is 9.72 Å². The molecule has 0 spiro atoms. The van der Waals surface area contributed by atoms with Crippen LogP contribution in [0, 0.1) is 0 Å². The smallest absolute Gasteiger partial charge is 0.119 e. The number of aromatic amines is 1. The monoisotopic (exact) mass is 279 g/mol. The minimum Gasteiger partial charge on any atom is -0.497 e. The van der Waals surface area contributed by atoms with Crippen molar-refractivity contribution in [2.24, 2.45) is 0 Å². The fourth-order valence-corrected chi connectivity index (χ4v) is 2.70. The SMILES string of the molecule is CCCCc1cc(OC)cc(-c2ccc3[nH]ccc3c2)c1. The van der Waals surface area contributed by atoms with Gasteiger partial charge in [0.05, 0.1) is 7.11 Å². The van der Waals surface area contributed by atoms with Gasteiger partial charge in [-0.2, -0.15) is 0 Å². The number of hydrogen-bond donors (Lipinski definition) is 1. The third kappa shape index (κ3) is 2.94. The van der Waals surface area contributed by atoms with Crippen molar-refractivity contribution in [1.29, 1.82) is 0 Å². The van der Waals surface area contributed by atoms with E-state index in [1.807, 2.05) is 6.20 Å². The van der Waals surface area contributed by atoms with Gasteiger partial charge in [0.15, 0.2) is 0 Å². The van der Waals surface area contributed by atoms with E-state index in [1.54, 1.807) is 7.11 Å². The molecule has 0 aliphatic heterocycles. The third-order valence-corrected chi connectivity index (χ3v) is 3.91. The highest BCUT2D eigenvalue weighted by atomic mass is 16.5. The molecule has 2 heteroatoms. The zero-order valence-corrected chi connectivity index (χ0v) is 12.6. The topological polar surface area (TPSA) is 25.0 Å². The van der Waals surface area contributed by atoms with Crippen LogP contribution in [0.3, 0.4) is 0 Å². The Labute approximate surface area is 125 Å². The highest BCUT2D eigenvalue weighted by molar-refractivity contribution is 5.85. The van der Waals surface area contributed by atoms with Crippen LogP contribution in [0.4, 0.5) is 0 Å². The Hall–Kier alpha value is -2.22. The lowest BCUT2D eigenvalue weighted by atomic mass is 9.99. The van der Waals surface area contributed by atoms with E-state index >= 15 is 0 Å². The number of aromatic nitrogens is 1. The Balaban J connectivity index is 2.02. The van der Waals surface area contributed by atoms with E-state index in [1.165, 1.54) is 40.4 Å². The van der Waals surface area contributed by atoms with E-state index in [2.05, 4.69) is 54.4 Å². The van der Waals surface area contributed by atoms with Crippen LogP contribution < -0.4 is 4.74 Å². The van der Waals surface area contributed by atoms with Gasteiger partial charge in [-0.3, -0.25) is 0 Å². The Morgan fingerprint density at radius 1 is 1.00 bits per heavy atom. The summed E-state index contributed by atoms with van der Waals surface area (Å²) in [5.41, 5.74) is 4.98. The highest BCUT2D eigenvalue weighted by Gasteiger charge is 2.05. The summed E-state index contributed by atoms with van der Waals surface area (Å²) >= 11 is 0. The van der Waals surface area contributed by atoms with E-state index < -0.39 is 0 Å². The van der Waals surface area contributed by atoms with Crippen LogP contribution in [-0.2, 0) is 6.42 Å². The zero-order chi connectivity index (χ0) is 14.7. The summed E-state index contributed by atoms with van der Waals surface area (Å²) in [6.45, 7) is 2.22. The van der Waals surface area contributed by atoms with E-state index in [0.29, 0.717) is 0 Å². The van der Waals surface area contributed by atoms with Crippen molar-refractivity contribution in [3.63, 3.8) is 0 Å². The van der Waals surface area contributed by atoms with Gasteiger partial charge in [0.1, 0.15) is 5.75 Å². The van der Waals surface area contributed by atoms with E-state index in [9.17, 15) is 0 Å². The summed E-state index contributed by atoms with van der Waals surface area (Å²) in [4.78, 5) is 3.24. The Bertz CT molecular complexity index is 742. The number of nitrogens with one attached hydrogen (secondary N) is 1. The summed E-state index contributed by atoms with van der Waals surface area (Å²) < 4.78 is 5.46. The Morgan fingerprint density at radius 2 is 1.90 bits per heavy atom. The molecule has 0 atom stereocenters. The highest BCUT2D eigenvalue weighted by Crippen LogP contribution is 2.29. The number of ether oxygens (including phenoxy) is 1. The first-order valence-corrected chi connectivity index (χ1v) is 7.55. The van der Waals surface area contributed by atoms with Crippen molar-refractivity contribution in [3.05, 3.63) is 54.2 Å². The van der Waals surface area contributed by atoms with Gasteiger partial charge in [-0.1, -0.05) is 25.5 Å². The Morgan fingerprint density at radius 3 is 2.71 bits per heavy atom. The number of H-pyrrole nitrogens is 1. The van der Waals surface area contributed by atoms with Gasteiger partial charge in [0.2, 0.25) is 0 Å². The fourth-order valence-electron chi connectivity index (χ4n) is 2.70. The van der Waals surface area contributed by atoms with Crippen molar-refractivity contribution in [1.82, 2.24) is 4.98 Å². The number of methoxy groups -OCH3 is 1. The van der Waals surface area contributed by atoms with Gasteiger partial charge in [-0.25, -0.2) is 0 Å². The van der Waals surface area contributed by atoms with Gasteiger partial charge in [-0.05, 0) is 65.3 Å². The summed E-state index contributed by atoms with van der Waals surface area (Å²) in [5, 5.41) is 1.24. The number of fused-ring (bicyclic) bond motifs is 1. The molecule has 0 bridgehead atoms. The lowest BCUT2D eigenvalue weighted by Gasteiger charge is -2.09. The maximum Gasteiger partial charge on any atom is 0.119 e. The van der Waals surface area contributed by atoms with Crippen LogP contribution in [0.2, 0.25) is 0 Å². The van der Waals surface area contributed by atoms with E-state index in [0.717, 1.165) is 12.2 Å². The first-order chi connectivity index (χ1) is 10.3. The minimum absolute atomic E-state index is 0.938. The van der Waals surface area contributed by atoms with Crippen LogP contribution in [0.15, 0.2) is 48.7 Å². The van der Waals surface area contributed by atoms with Crippen molar-refractivity contribution in [3.8, 4) is 16.9 Å². The van der Waals surface area contributed by atoms with Crippen LogP contribution in [0.1, 0.15) is 25.3 Å². The largest absolute Gasteiger partial charge is 0.497 e. The van der Waals surface area contributed by atoms with Crippen LogP contribution >= 0.6 is 0 Å². The second-order valence-electron chi connectivity index (χ2n) is 5.45. The molecule has 0 aliphatic rings. The predicted molar refractivity (Wildman–Crippen MR) is 88.9 cm³/mol. The molecule has 21 heavy (non-hydrogen) atoms. The molecule has 108 valence electrons. The molecule has 2 nitrogen and oxygen atoms in total. The van der Waals surface area contributed by atoms with Crippen molar-refractivity contribution in [2.75, 3.05) is 7.11 Å². The molecule has 1 aromatic heterocycles. The normalized spacial score (nSPS) is 11.0. The van der Waals surface area contributed by atoms with Crippen molar-refractivity contribution < 1.29 is 4.74 Å². The van der Waals surface area contributed by atoms with Crippen LogP contribution in [0.5, 0.6) is 5.75 Å². The molecule has 3 aromatic rings. The molecule has 0 fully saturated rings. The molecule has 0 unspecified atom stereocenters. The molecular formula is C19H21NO. The second kappa shape index (κ2) is 6.04. The fraction of sp³-hybridized carbons (Fsp3) is 0.263. The lowest BCUT2D eigenvalue weighted by Crippen LogP contribution is -1.90. The molecule has 1 N–H and O–H groups in total. The van der Waals surface area contributed by atoms with Gasteiger partial charge in [-0.15, -0.1) is 0 Å². The maximum absolute atomic E-state index is 5.46. The predicted octanol–water partition coefficient (Wildman–Crippen LogP) is 5.19. The molecule has 0 saturated carbocycles. The molecule has 0 radical (unpaired) electrons. The summed E-state index contributed by atoms with van der Waals surface area (Å²) in [6.07, 6.45) is 5.51. The van der Waals surface area contributed by atoms with Gasteiger partial charge >= 0.3 is 0 Å². The summed E-state index contributed by atoms with van der Waals surface area (Å²) in [7, 11) is 1.73. The molecule has 1 heterocycles. The first kappa shape index (κ1) is 13.7. The second-order valence-corrected chi connectivity index (χ2v) is 5.45. The molecular weight excluding hydrogens is 258 g/mol. The van der Waals surface area contributed by atoms with Gasteiger partial charge in [0, 0.05) is 11.7 Å². The van der Waals surface area contributed by atoms with Crippen molar-refractivity contribution in [2.45, 2.75) is 26.2 Å².